The molecule has 0 fully saturated rings. The Morgan fingerprint density at radius 3 is 1.37 bits per heavy atom. The molecule has 0 aromatic heterocycles. The van der Waals surface area contributed by atoms with Crippen molar-refractivity contribution < 1.29 is 14.2 Å². The van der Waals surface area contributed by atoms with Gasteiger partial charge in [0.05, 0.1) is 21.3 Å². The fraction of sp³-hybridized carbons (Fsp3) is 0.750. The minimum atomic E-state index is 0.838. The zero-order chi connectivity index (χ0) is 20.1. The fourth-order valence-electron chi connectivity index (χ4n) is 3.91. The Labute approximate surface area is 167 Å². The number of unbranched alkanes of at least 4 members (excludes halogenated alkanes) is 10. The lowest BCUT2D eigenvalue weighted by atomic mass is 9.97. The lowest BCUT2D eigenvalue weighted by molar-refractivity contribution is 0.339. The third-order valence-corrected chi connectivity index (χ3v) is 5.64. The Hall–Kier alpha value is -1.38. The number of methoxy groups -OCH3 is 3. The van der Waals surface area contributed by atoms with Crippen molar-refractivity contribution in [2.45, 2.75) is 97.8 Å². The van der Waals surface area contributed by atoms with Crippen molar-refractivity contribution in [2.24, 2.45) is 0 Å². The Bertz CT molecular complexity index is 537. The monoisotopic (exact) mass is 378 g/mol. The lowest BCUT2D eigenvalue weighted by Crippen LogP contribution is -2.04. The van der Waals surface area contributed by atoms with Gasteiger partial charge in [-0.1, -0.05) is 71.1 Å². The molecule has 1 aromatic carbocycles. The van der Waals surface area contributed by atoms with Crippen LogP contribution >= 0.6 is 0 Å². The van der Waals surface area contributed by atoms with E-state index in [1.807, 2.05) is 0 Å². The molecule has 0 unspecified atom stereocenters. The second kappa shape index (κ2) is 13.7. The maximum absolute atomic E-state index is 5.71. The van der Waals surface area contributed by atoms with Gasteiger partial charge in [-0.05, 0) is 32.3 Å². The van der Waals surface area contributed by atoms with Crippen LogP contribution in [0.4, 0.5) is 0 Å². The largest absolute Gasteiger partial charge is 0.496 e. The van der Waals surface area contributed by atoms with E-state index in [2.05, 4.69) is 20.8 Å². The third kappa shape index (κ3) is 7.27. The molecule has 0 aliphatic heterocycles. The fourth-order valence-corrected chi connectivity index (χ4v) is 3.91. The molecule has 3 heteroatoms. The van der Waals surface area contributed by atoms with Crippen molar-refractivity contribution >= 4 is 0 Å². The maximum atomic E-state index is 5.71. The van der Waals surface area contributed by atoms with Crippen molar-refractivity contribution in [3.8, 4) is 17.2 Å². The summed E-state index contributed by atoms with van der Waals surface area (Å²) in [7, 11) is 5.18. The van der Waals surface area contributed by atoms with Gasteiger partial charge in [0.15, 0.2) is 11.5 Å². The zero-order valence-electron chi connectivity index (χ0n) is 18.7. The average molecular weight is 379 g/mol. The third-order valence-electron chi connectivity index (χ3n) is 5.64. The number of rotatable bonds is 15. The van der Waals surface area contributed by atoms with Gasteiger partial charge in [0, 0.05) is 11.1 Å². The van der Waals surface area contributed by atoms with E-state index in [1.165, 1.54) is 64.2 Å². The molecule has 0 saturated heterocycles. The molecule has 27 heavy (non-hydrogen) atoms. The molecule has 0 atom stereocenters. The van der Waals surface area contributed by atoms with Crippen molar-refractivity contribution in [3.63, 3.8) is 0 Å². The van der Waals surface area contributed by atoms with Crippen LogP contribution in [0.3, 0.4) is 0 Å². The molecule has 0 heterocycles. The molecule has 0 saturated carbocycles. The topological polar surface area (TPSA) is 27.7 Å². The summed E-state index contributed by atoms with van der Waals surface area (Å²) < 4.78 is 17.0. The van der Waals surface area contributed by atoms with Crippen LogP contribution < -0.4 is 14.2 Å². The normalized spacial score (nSPS) is 10.9. The minimum Gasteiger partial charge on any atom is -0.496 e. The smallest absolute Gasteiger partial charge is 0.167 e. The lowest BCUT2D eigenvalue weighted by Gasteiger charge is -2.21. The maximum Gasteiger partial charge on any atom is 0.167 e. The van der Waals surface area contributed by atoms with Crippen LogP contribution in [-0.4, -0.2) is 21.3 Å². The summed E-state index contributed by atoms with van der Waals surface area (Å²) in [6, 6.07) is 0. The van der Waals surface area contributed by atoms with Gasteiger partial charge in [-0.15, -0.1) is 0 Å². The summed E-state index contributed by atoms with van der Waals surface area (Å²) in [5.41, 5.74) is 3.39. The van der Waals surface area contributed by atoms with Gasteiger partial charge in [0.2, 0.25) is 0 Å². The first kappa shape index (κ1) is 23.7. The summed E-state index contributed by atoms with van der Waals surface area (Å²) in [5, 5.41) is 0. The first-order valence-corrected chi connectivity index (χ1v) is 10.9. The van der Waals surface area contributed by atoms with Crippen LogP contribution in [0.1, 0.15) is 94.2 Å². The molecular weight excluding hydrogens is 336 g/mol. The van der Waals surface area contributed by atoms with E-state index in [0.717, 1.165) is 46.8 Å². The Morgan fingerprint density at radius 1 is 0.519 bits per heavy atom. The minimum absolute atomic E-state index is 0.838. The summed E-state index contributed by atoms with van der Waals surface area (Å²) >= 11 is 0. The highest BCUT2D eigenvalue weighted by molar-refractivity contribution is 5.62. The van der Waals surface area contributed by atoms with E-state index in [9.17, 15) is 0 Å². The van der Waals surface area contributed by atoms with E-state index in [0.29, 0.717) is 0 Å². The van der Waals surface area contributed by atoms with Crippen LogP contribution in [0.5, 0.6) is 17.2 Å². The first-order chi connectivity index (χ1) is 13.1. The predicted molar refractivity (Wildman–Crippen MR) is 116 cm³/mol. The van der Waals surface area contributed by atoms with Gasteiger partial charge in [-0.3, -0.25) is 0 Å². The Kier molecular flexibility index (Phi) is 12.0. The molecule has 0 N–H and O–H groups in total. The standard InChI is InChI=1S/C24H42O3/c1-7-8-9-10-11-12-13-14-15-16-17-18-21-22(25-4)19(2)20(3)23(26-5)24(21)27-6/h7-18H2,1-6H3. The Balaban J connectivity index is 2.45. The molecule has 0 amide bonds. The zero-order valence-corrected chi connectivity index (χ0v) is 18.7. The molecule has 0 aliphatic carbocycles. The van der Waals surface area contributed by atoms with Crippen molar-refractivity contribution in [1.82, 2.24) is 0 Å². The van der Waals surface area contributed by atoms with Crippen LogP contribution in [0.25, 0.3) is 0 Å². The van der Waals surface area contributed by atoms with Gasteiger partial charge in [-0.2, -0.15) is 0 Å². The molecule has 0 radical (unpaired) electrons. The van der Waals surface area contributed by atoms with E-state index in [1.54, 1.807) is 21.3 Å². The summed E-state index contributed by atoms with van der Waals surface area (Å²) in [5.74, 6) is 2.63. The van der Waals surface area contributed by atoms with Crippen LogP contribution in [0.15, 0.2) is 0 Å². The molecule has 1 rings (SSSR count). The average Bonchev–Trinajstić information content (AvgIpc) is 2.68. The van der Waals surface area contributed by atoms with E-state index >= 15 is 0 Å². The highest BCUT2D eigenvalue weighted by Gasteiger charge is 2.21. The van der Waals surface area contributed by atoms with Gasteiger partial charge in [0.25, 0.3) is 0 Å². The number of ether oxygens (including phenoxy) is 3. The molecule has 0 aliphatic rings. The van der Waals surface area contributed by atoms with Crippen molar-refractivity contribution in [3.05, 3.63) is 16.7 Å². The second-order valence-corrected chi connectivity index (χ2v) is 7.61. The van der Waals surface area contributed by atoms with E-state index in [4.69, 9.17) is 14.2 Å². The summed E-state index contributed by atoms with van der Waals surface area (Å²) in [4.78, 5) is 0. The van der Waals surface area contributed by atoms with Gasteiger partial charge < -0.3 is 14.2 Å². The quantitative estimate of drug-likeness (QED) is 0.302. The first-order valence-electron chi connectivity index (χ1n) is 10.9. The predicted octanol–water partition coefficient (Wildman–Crippen LogP) is 7.18. The highest BCUT2D eigenvalue weighted by atomic mass is 16.5. The molecular formula is C24H42O3. The number of hydrogen-bond acceptors (Lipinski definition) is 3. The molecule has 0 spiro atoms. The van der Waals surface area contributed by atoms with E-state index in [-0.39, 0.29) is 0 Å². The molecule has 156 valence electrons. The van der Waals surface area contributed by atoms with Crippen molar-refractivity contribution in [2.75, 3.05) is 21.3 Å². The Morgan fingerprint density at radius 2 is 0.926 bits per heavy atom. The van der Waals surface area contributed by atoms with Crippen LogP contribution in [-0.2, 0) is 6.42 Å². The van der Waals surface area contributed by atoms with Crippen LogP contribution in [0.2, 0.25) is 0 Å². The SMILES string of the molecule is CCCCCCCCCCCCCc1c(OC)c(C)c(C)c(OC)c1OC. The van der Waals surface area contributed by atoms with Gasteiger partial charge in [-0.25, -0.2) is 0 Å². The highest BCUT2D eigenvalue weighted by Crippen LogP contribution is 2.44. The number of hydrogen-bond donors (Lipinski definition) is 0. The van der Waals surface area contributed by atoms with Gasteiger partial charge in [0.1, 0.15) is 5.75 Å². The summed E-state index contributed by atoms with van der Waals surface area (Å²) in [6.45, 7) is 6.44. The van der Waals surface area contributed by atoms with Crippen molar-refractivity contribution in [1.29, 1.82) is 0 Å². The van der Waals surface area contributed by atoms with Gasteiger partial charge >= 0.3 is 0 Å². The van der Waals surface area contributed by atoms with E-state index < -0.39 is 0 Å². The molecule has 3 nitrogen and oxygen atoms in total. The molecule has 1 aromatic rings. The number of benzene rings is 1. The second-order valence-electron chi connectivity index (χ2n) is 7.61. The summed E-state index contributed by atoms with van der Waals surface area (Å²) in [6.07, 6.45) is 15.8. The van der Waals surface area contributed by atoms with Crippen LogP contribution in [0, 0.1) is 13.8 Å². The molecule has 0 bridgehead atoms.